The lowest BCUT2D eigenvalue weighted by atomic mass is 10.1. The number of hydrazine groups is 2. The molecule has 228 valence electrons. The van der Waals surface area contributed by atoms with Crippen molar-refractivity contribution < 1.29 is 26.5 Å². The van der Waals surface area contributed by atoms with Crippen molar-refractivity contribution in [1.29, 1.82) is 5.41 Å². The van der Waals surface area contributed by atoms with E-state index in [0.29, 0.717) is 15.2 Å². The predicted octanol–water partition coefficient (Wildman–Crippen LogP) is 2.11. The highest BCUT2D eigenvalue weighted by atomic mass is 32.2. The lowest BCUT2D eigenvalue weighted by molar-refractivity contribution is -0.160. The van der Waals surface area contributed by atoms with E-state index in [9.17, 15) is 21.6 Å². The van der Waals surface area contributed by atoms with E-state index in [4.69, 9.17) is 21.7 Å². The fraction of sp³-hybridized carbons (Fsp3) is 0.214. The summed E-state index contributed by atoms with van der Waals surface area (Å²) in [6.45, 7) is -0.0560. The van der Waals surface area contributed by atoms with Gasteiger partial charge >= 0.3 is 5.97 Å². The molecule has 0 heterocycles. The number of nitrogens with one attached hydrogen (secondary N) is 2. The van der Waals surface area contributed by atoms with Crippen LogP contribution in [0.25, 0.3) is 21.5 Å². The summed E-state index contributed by atoms with van der Waals surface area (Å²) in [5, 5.41) is 11.5. The van der Waals surface area contributed by atoms with E-state index in [0.717, 1.165) is 20.2 Å². The van der Waals surface area contributed by atoms with Crippen molar-refractivity contribution in [1.82, 2.24) is 19.4 Å². The summed E-state index contributed by atoms with van der Waals surface area (Å²) in [7, 11) is -5.72. The first kappa shape index (κ1) is 31.8. The number of hydrogen-bond acceptors (Lipinski definition) is 9. The van der Waals surface area contributed by atoms with Gasteiger partial charge in [-0.3, -0.25) is 10.4 Å². The molecule has 6 N–H and O–H groups in total. The number of benzene rings is 4. The number of carbonyl (C=O) groups excluding carboxylic acids is 1. The molecular weight excluding hydrogens is 594 g/mol. The molecule has 4 rings (SSSR count). The summed E-state index contributed by atoms with van der Waals surface area (Å²) in [5.41, 5.74) is 13.8. The van der Waals surface area contributed by atoms with Gasteiger partial charge < -0.3 is 16.3 Å². The van der Waals surface area contributed by atoms with Crippen molar-refractivity contribution in [3.05, 3.63) is 84.9 Å². The Morgan fingerprint density at radius 1 is 0.837 bits per heavy atom. The number of nitrogens with two attached hydrogens (primary N) is 2. The van der Waals surface area contributed by atoms with Gasteiger partial charge in [0.15, 0.2) is 0 Å². The molecule has 4 aromatic carbocycles. The fourth-order valence-corrected chi connectivity index (χ4v) is 7.06. The van der Waals surface area contributed by atoms with Gasteiger partial charge in [0.2, 0.25) is 5.96 Å². The van der Waals surface area contributed by atoms with Crippen LogP contribution in [0, 0.1) is 5.41 Å². The molecule has 0 saturated carbocycles. The van der Waals surface area contributed by atoms with Crippen LogP contribution in [0.15, 0.2) is 94.7 Å². The molecule has 0 aliphatic heterocycles. The SMILES string of the molecule is CN(NOC(=O)[C@@H](N)CCCN(C(=N)N)N(C)S(=O)(=O)c1cccc2ccccc12)S(=O)(=O)c1cccc2ccccc12. The van der Waals surface area contributed by atoms with E-state index >= 15 is 0 Å². The van der Waals surface area contributed by atoms with E-state index in [1.54, 1.807) is 72.8 Å². The number of rotatable bonds is 12. The van der Waals surface area contributed by atoms with Crippen molar-refractivity contribution in [2.24, 2.45) is 11.5 Å². The number of guanidine groups is 1. The maximum absolute atomic E-state index is 13.5. The minimum absolute atomic E-state index is 0.0201. The van der Waals surface area contributed by atoms with Crippen LogP contribution in [0.3, 0.4) is 0 Å². The van der Waals surface area contributed by atoms with Gasteiger partial charge in [-0.25, -0.2) is 21.6 Å². The van der Waals surface area contributed by atoms with Crippen molar-refractivity contribution >= 4 is 53.5 Å². The highest BCUT2D eigenvalue weighted by Crippen LogP contribution is 2.26. The quantitative estimate of drug-likeness (QED) is 0.103. The highest BCUT2D eigenvalue weighted by molar-refractivity contribution is 7.89. The number of sulfonamides is 2. The normalized spacial score (nSPS) is 13.0. The topological polar surface area (TPSA) is 192 Å². The number of fused-ring (bicyclic) bond motifs is 2. The van der Waals surface area contributed by atoms with Crippen molar-refractivity contribution in [3.8, 4) is 0 Å². The maximum Gasteiger partial charge on any atom is 0.343 e. The third kappa shape index (κ3) is 6.77. The van der Waals surface area contributed by atoms with Crippen molar-refractivity contribution in [3.63, 3.8) is 0 Å². The summed E-state index contributed by atoms with van der Waals surface area (Å²) in [5.74, 6) is -1.46. The maximum atomic E-state index is 13.5. The van der Waals surface area contributed by atoms with E-state index in [2.05, 4.69) is 5.59 Å². The average Bonchev–Trinajstić information content (AvgIpc) is 3.00. The Morgan fingerprint density at radius 2 is 1.33 bits per heavy atom. The molecule has 0 aliphatic rings. The summed E-state index contributed by atoms with van der Waals surface area (Å²) in [6, 6.07) is 22.5. The van der Waals surface area contributed by atoms with Gasteiger partial charge in [0.05, 0.1) is 9.79 Å². The monoisotopic (exact) mass is 627 g/mol. The molecule has 15 heteroatoms. The van der Waals surface area contributed by atoms with Crippen molar-refractivity contribution in [2.45, 2.75) is 28.7 Å². The molecule has 0 fully saturated rings. The second-order valence-corrected chi connectivity index (χ2v) is 13.5. The van der Waals surface area contributed by atoms with Gasteiger partial charge in [0, 0.05) is 31.4 Å². The molecule has 0 radical (unpaired) electrons. The predicted molar refractivity (Wildman–Crippen MR) is 163 cm³/mol. The Bertz CT molecular complexity index is 1860. The molecule has 0 aromatic heterocycles. The second kappa shape index (κ2) is 13.0. The van der Waals surface area contributed by atoms with Gasteiger partial charge in [0.25, 0.3) is 20.0 Å². The van der Waals surface area contributed by atoms with E-state index in [-0.39, 0.29) is 29.2 Å². The molecule has 0 aliphatic carbocycles. The zero-order chi connectivity index (χ0) is 31.4. The van der Waals surface area contributed by atoms with Crippen molar-refractivity contribution in [2.75, 3.05) is 20.6 Å². The van der Waals surface area contributed by atoms with Crippen LogP contribution >= 0.6 is 0 Å². The van der Waals surface area contributed by atoms with E-state index in [1.165, 1.54) is 26.2 Å². The third-order valence-electron chi connectivity index (χ3n) is 6.84. The lowest BCUT2D eigenvalue weighted by Crippen LogP contribution is -2.50. The largest absolute Gasteiger partial charge is 0.369 e. The number of nitrogens with zero attached hydrogens (tertiary/aromatic N) is 3. The second-order valence-electron chi connectivity index (χ2n) is 9.64. The Balaban J connectivity index is 1.35. The zero-order valence-corrected chi connectivity index (χ0v) is 25.2. The summed E-state index contributed by atoms with van der Waals surface area (Å²) in [6.07, 6.45) is 0.168. The molecule has 43 heavy (non-hydrogen) atoms. The fourth-order valence-electron chi connectivity index (χ4n) is 4.49. The summed E-state index contributed by atoms with van der Waals surface area (Å²) >= 11 is 0. The molecule has 0 spiro atoms. The Hall–Kier alpha value is -4.12. The van der Waals surface area contributed by atoms with Crippen LogP contribution < -0.4 is 17.1 Å². The third-order valence-corrected chi connectivity index (χ3v) is 10.4. The lowest BCUT2D eigenvalue weighted by Gasteiger charge is -2.31. The van der Waals surface area contributed by atoms with Gasteiger partial charge in [0.1, 0.15) is 6.04 Å². The molecule has 1 atom stereocenters. The average molecular weight is 628 g/mol. The van der Waals surface area contributed by atoms with Crippen LogP contribution in [0.2, 0.25) is 0 Å². The first-order valence-corrected chi connectivity index (χ1v) is 16.0. The smallest absolute Gasteiger partial charge is 0.343 e. The minimum Gasteiger partial charge on any atom is -0.369 e. The standard InChI is InChI=1S/C28H33N7O6S2/c1-33(42(37,38)25-17-7-12-20-10-3-5-14-22(20)25)32-41-27(36)24(29)16-9-19-35(28(30)31)34(2)43(39,40)26-18-8-13-21-11-4-6-15-23(21)26/h3-8,10-15,17-18,24,32H,9,16,19,29H2,1-2H3,(H3,30,31)/t24-/m0/s1. The first-order chi connectivity index (χ1) is 20.4. The van der Waals surface area contributed by atoms with Gasteiger partial charge in [-0.2, -0.15) is 0 Å². The van der Waals surface area contributed by atoms with Gasteiger partial charge in [-0.1, -0.05) is 78.4 Å². The molecule has 0 amide bonds. The minimum atomic E-state index is -4.10. The summed E-state index contributed by atoms with van der Waals surface area (Å²) < 4.78 is 54.7. The molecule has 0 unspecified atom stereocenters. The molecule has 0 saturated heterocycles. The number of hydrogen-bond donors (Lipinski definition) is 4. The van der Waals surface area contributed by atoms with Crippen LogP contribution in [-0.2, 0) is 29.7 Å². The van der Waals surface area contributed by atoms with Crippen LogP contribution in [0.5, 0.6) is 0 Å². The molecule has 0 bridgehead atoms. The van der Waals surface area contributed by atoms with Crippen LogP contribution in [-0.4, -0.2) is 69.3 Å². The Labute approximate surface area is 250 Å². The molecule has 13 nitrogen and oxygen atoms in total. The van der Waals surface area contributed by atoms with Crippen LogP contribution in [0.1, 0.15) is 12.8 Å². The Kier molecular flexibility index (Phi) is 9.64. The summed E-state index contributed by atoms with van der Waals surface area (Å²) in [4.78, 5) is 17.5. The molecule has 4 aromatic rings. The Morgan fingerprint density at radius 3 is 1.86 bits per heavy atom. The van der Waals surface area contributed by atoms with Crippen LogP contribution in [0.4, 0.5) is 0 Å². The van der Waals surface area contributed by atoms with Gasteiger partial charge in [-0.05, 0) is 35.7 Å². The highest BCUT2D eigenvalue weighted by Gasteiger charge is 2.30. The zero-order valence-electron chi connectivity index (χ0n) is 23.5. The first-order valence-electron chi connectivity index (χ1n) is 13.1. The van der Waals surface area contributed by atoms with Gasteiger partial charge in [-0.15, -0.1) is 8.83 Å². The van der Waals surface area contributed by atoms with E-state index in [1.807, 2.05) is 0 Å². The van der Waals surface area contributed by atoms with E-state index < -0.39 is 38.0 Å². The molecular formula is C28H33N7O6S2. The number of carbonyl (C=O) groups is 1.